The van der Waals surface area contributed by atoms with Crippen LogP contribution in [-0.4, -0.2) is 18.2 Å². The molecular weight excluding hydrogens is 232 g/mol. The highest BCUT2D eigenvalue weighted by atomic mass is 16.5. The maximum absolute atomic E-state index is 10.7. The van der Waals surface area contributed by atoms with Gasteiger partial charge < -0.3 is 14.6 Å². The lowest BCUT2D eigenvalue weighted by atomic mass is 10.2. The zero-order chi connectivity index (χ0) is 13.0. The van der Waals surface area contributed by atoms with Gasteiger partial charge in [0.1, 0.15) is 17.2 Å². The number of carboxylic acids is 1. The first-order chi connectivity index (χ1) is 8.69. The Hall–Kier alpha value is -2.49. The fourth-order valence-electron chi connectivity index (χ4n) is 1.45. The number of benzene rings is 2. The molecule has 2 aromatic rings. The molecule has 0 spiro atoms. The van der Waals surface area contributed by atoms with Crippen molar-refractivity contribution >= 4 is 5.97 Å². The fourth-order valence-corrected chi connectivity index (χ4v) is 1.45. The Morgan fingerprint density at radius 1 is 0.889 bits per heavy atom. The van der Waals surface area contributed by atoms with Crippen molar-refractivity contribution in [2.75, 3.05) is 7.11 Å². The van der Waals surface area contributed by atoms with E-state index in [1.807, 2.05) is 0 Å². The number of carbonyl (C=O) groups is 1. The number of ether oxygens (including phenoxy) is 2. The van der Waals surface area contributed by atoms with E-state index in [4.69, 9.17) is 14.6 Å². The summed E-state index contributed by atoms with van der Waals surface area (Å²) in [7, 11) is 1.60. The van der Waals surface area contributed by atoms with Crippen LogP contribution < -0.4 is 9.47 Å². The fraction of sp³-hybridized carbons (Fsp3) is 0.0714. The Bertz CT molecular complexity index is 529. The number of aromatic carboxylic acids is 1. The van der Waals surface area contributed by atoms with Crippen LogP contribution in [0.5, 0.6) is 17.2 Å². The van der Waals surface area contributed by atoms with Crippen molar-refractivity contribution in [1.82, 2.24) is 0 Å². The van der Waals surface area contributed by atoms with Crippen molar-refractivity contribution in [2.24, 2.45) is 0 Å². The van der Waals surface area contributed by atoms with E-state index in [9.17, 15) is 4.79 Å². The summed E-state index contributed by atoms with van der Waals surface area (Å²) >= 11 is 0. The molecule has 0 aliphatic heterocycles. The topological polar surface area (TPSA) is 55.8 Å². The molecule has 0 bridgehead atoms. The van der Waals surface area contributed by atoms with Gasteiger partial charge in [-0.25, -0.2) is 4.79 Å². The molecule has 0 unspecified atom stereocenters. The van der Waals surface area contributed by atoms with Gasteiger partial charge in [-0.2, -0.15) is 0 Å². The zero-order valence-electron chi connectivity index (χ0n) is 9.79. The van der Waals surface area contributed by atoms with Crippen molar-refractivity contribution in [3.05, 3.63) is 54.1 Å². The lowest BCUT2D eigenvalue weighted by Crippen LogP contribution is -1.95. The summed E-state index contributed by atoms with van der Waals surface area (Å²) in [4.78, 5) is 10.7. The standard InChI is InChI=1S/C14H12O4/c1-17-11-6-8-13(9-7-11)18-12-4-2-10(3-5-12)14(15)16/h2-9H,1H3,(H,15,16). The zero-order valence-corrected chi connectivity index (χ0v) is 9.79. The van der Waals surface area contributed by atoms with E-state index in [2.05, 4.69) is 0 Å². The second kappa shape index (κ2) is 5.23. The number of rotatable bonds is 4. The average molecular weight is 244 g/mol. The molecule has 0 aliphatic carbocycles. The largest absolute Gasteiger partial charge is 0.497 e. The highest BCUT2D eigenvalue weighted by Gasteiger charge is 2.03. The second-order valence-electron chi connectivity index (χ2n) is 3.61. The van der Waals surface area contributed by atoms with Gasteiger partial charge in [-0.3, -0.25) is 0 Å². The minimum atomic E-state index is -0.953. The van der Waals surface area contributed by atoms with Gasteiger partial charge in [-0.15, -0.1) is 0 Å². The molecule has 0 radical (unpaired) electrons. The van der Waals surface area contributed by atoms with Crippen molar-refractivity contribution in [3.8, 4) is 17.2 Å². The van der Waals surface area contributed by atoms with Crippen molar-refractivity contribution < 1.29 is 19.4 Å². The van der Waals surface area contributed by atoms with Crippen LogP contribution in [0.15, 0.2) is 48.5 Å². The maximum Gasteiger partial charge on any atom is 0.335 e. The summed E-state index contributed by atoms with van der Waals surface area (Å²) in [5.74, 6) is 1.05. The van der Waals surface area contributed by atoms with Gasteiger partial charge in [-0.1, -0.05) is 0 Å². The van der Waals surface area contributed by atoms with Gasteiger partial charge in [0.2, 0.25) is 0 Å². The lowest BCUT2D eigenvalue weighted by Gasteiger charge is -2.06. The average Bonchev–Trinajstić information content (AvgIpc) is 2.40. The predicted molar refractivity (Wildman–Crippen MR) is 66.5 cm³/mol. The van der Waals surface area contributed by atoms with Crippen LogP contribution in [0.3, 0.4) is 0 Å². The number of carboxylic acid groups (broad SMARTS) is 1. The SMILES string of the molecule is COc1ccc(Oc2ccc(C(=O)O)cc2)cc1. The summed E-state index contributed by atoms with van der Waals surface area (Å²) in [5, 5.41) is 8.77. The molecule has 0 saturated heterocycles. The smallest absolute Gasteiger partial charge is 0.335 e. The van der Waals surface area contributed by atoms with Crippen LogP contribution in [0.1, 0.15) is 10.4 Å². The van der Waals surface area contributed by atoms with Crippen molar-refractivity contribution in [1.29, 1.82) is 0 Å². The first-order valence-corrected chi connectivity index (χ1v) is 5.34. The minimum Gasteiger partial charge on any atom is -0.497 e. The molecule has 2 aromatic carbocycles. The molecule has 92 valence electrons. The molecule has 0 fully saturated rings. The first kappa shape index (κ1) is 12.0. The highest BCUT2D eigenvalue weighted by Crippen LogP contribution is 2.23. The molecule has 1 N–H and O–H groups in total. The summed E-state index contributed by atoms with van der Waals surface area (Å²) < 4.78 is 10.6. The molecule has 4 nitrogen and oxygen atoms in total. The third-order valence-corrected chi connectivity index (χ3v) is 2.40. The molecule has 0 aliphatic rings. The Kier molecular flexibility index (Phi) is 3.48. The molecule has 0 aromatic heterocycles. The molecule has 2 rings (SSSR count). The predicted octanol–water partition coefficient (Wildman–Crippen LogP) is 3.19. The van der Waals surface area contributed by atoms with Crippen molar-refractivity contribution in [2.45, 2.75) is 0 Å². The lowest BCUT2D eigenvalue weighted by molar-refractivity contribution is 0.0697. The number of hydrogen-bond donors (Lipinski definition) is 1. The van der Waals surface area contributed by atoms with Crippen LogP contribution in [0, 0.1) is 0 Å². The van der Waals surface area contributed by atoms with Gasteiger partial charge in [-0.05, 0) is 48.5 Å². The van der Waals surface area contributed by atoms with E-state index in [1.165, 1.54) is 12.1 Å². The van der Waals surface area contributed by atoms with Crippen molar-refractivity contribution in [3.63, 3.8) is 0 Å². The molecule has 0 amide bonds. The second-order valence-corrected chi connectivity index (χ2v) is 3.61. The Morgan fingerprint density at radius 2 is 1.33 bits per heavy atom. The molecular formula is C14H12O4. The third kappa shape index (κ3) is 2.79. The Morgan fingerprint density at radius 3 is 1.78 bits per heavy atom. The summed E-state index contributed by atoms with van der Waals surface area (Å²) in [6, 6.07) is 13.4. The van der Waals surface area contributed by atoms with Gasteiger partial charge in [0, 0.05) is 0 Å². The van der Waals surface area contributed by atoms with Crippen LogP contribution in [-0.2, 0) is 0 Å². The minimum absolute atomic E-state index is 0.233. The highest BCUT2D eigenvalue weighted by molar-refractivity contribution is 5.87. The molecule has 18 heavy (non-hydrogen) atoms. The van der Waals surface area contributed by atoms with E-state index >= 15 is 0 Å². The number of hydrogen-bond acceptors (Lipinski definition) is 3. The maximum atomic E-state index is 10.7. The summed E-state index contributed by atoms with van der Waals surface area (Å²) in [6.45, 7) is 0. The summed E-state index contributed by atoms with van der Waals surface area (Å²) in [5.41, 5.74) is 0.233. The van der Waals surface area contributed by atoms with Crippen LogP contribution in [0.25, 0.3) is 0 Å². The molecule has 4 heteroatoms. The third-order valence-electron chi connectivity index (χ3n) is 2.40. The van der Waals surface area contributed by atoms with Gasteiger partial charge in [0.15, 0.2) is 0 Å². The van der Waals surface area contributed by atoms with Crippen LogP contribution in [0.2, 0.25) is 0 Å². The normalized spacial score (nSPS) is 9.83. The van der Waals surface area contributed by atoms with Gasteiger partial charge >= 0.3 is 5.97 Å². The van der Waals surface area contributed by atoms with E-state index < -0.39 is 5.97 Å². The molecule has 0 atom stereocenters. The molecule has 0 saturated carbocycles. The van der Waals surface area contributed by atoms with Crippen LogP contribution in [0.4, 0.5) is 0 Å². The quantitative estimate of drug-likeness (QED) is 0.897. The van der Waals surface area contributed by atoms with E-state index in [0.29, 0.717) is 11.5 Å². The van der Waals surface area contributed by atoms with E-state index in [1.54, 1.807) is 43.5 Å². The molecule has 0 heterocycles. The Balaban J connectivity index is 2.10. The Labute approximate surface area is 104 Å². The number of methoxy groups -OCH3 is 1. The first-order valence-electron chi connectivity index (χ1n) is 5.34. The van der Waals surface area contributed by atoms with E-state index in [-0.39, 0.29) is 5.56 Å². The summed E-state index contributed by atoms with van der Waals surface area (Å²) in [6.07, 6.45) is 0. The van der Waals surface area contributed by atoms with Gasteiger partial charge in [0.25, 0.3) is 0 Å². The van der Waals surface area contributed by atoms with E-state index in [0.717, 1.165) is 5.75 Å². The van der Waals surface area contributed by atoms with Gasteiger partial charge in [0.05, 0.1) is 12.7 Å². The van der Waals surface area contributed by atoms with Crippen LogP contribution >= 0.6 is 0 Å². The monoisotopic (exact) mass is 244 g/mol.